The Balaban J connectivity index is 1.85. The average molecular weight is 354 g/mol. The molecule has 1 N–H and O–H groups in total. The van der Waals surface area contributed by atoms with E-state index in [-0.39, 0.29) is 4.90 Å². The topological polar surface area (TPSA) is 75.2 Å². The van der Waals surface area contributed by atoms with Crippen molar-refractivity contribution in [2.24, 2.45) is 0 Å². The maximum absolute atomic E-state index is 12.9. The van der Waals surface area contributed by atoms with E-state index in [2.05, 4.69) is 15.3 Å². The molecule has 6 nitrogen and oxygen atoms in total. The second-order valence-electron chi connectivity index (χ2n) is 5.25. The molecule has 0 spiro atoms. The number of anilines is 3. The molecular weight excluding hydrogens is 336 g/mol. The van der Waals surface area contributed by atoms with Gasteiger partial charge in [0.1, 0.15) is 10.7 Å². The monoisotopic (exact) mass is 354 g/mol. The first-order valence-electron chi connectivity index (χ1n) is 7.82. The number of nitrogens with one attached hydrogen (secondary N) is 1. The van der Waals surface area contributed by atoms with Crippen LogP contribution in [-0.2, 0) is 10.0 Å². The Morgan fingerprint density at radius 2 is 1.72 bits per heavy atom. The molecule has 0 radical (unpaired) electrons. The summed E-state index contributed by atoms with van der Waals surface area (Å²) in [5, 5.41) is 3.10. The Hall–Kier alpha value is -2.93. The van der Waals surface area contributed by atoms with Crippen molar-refractivity contribution in [2.75, 3.05) is 16.2 Å². The van der Waals surface area contributed by atoms with E-state index in [9.17, 15) is 8.42 Å². The Morgan fingerprint density at radius 3 is 2.32 bits per heavy atom. The maximum Gasteiger partial charge on any atom is 0.265 e. The van der Waals surface area contributed by atoms with Gasteiger partial charge in [-0.1, -0.05) is 18.2 Å². The van der Waals surface area contributed by atoms with Gasteiger partial charge in [-0.25, -0.2) is 13.4 Å². The van der Waals surface area contributed by atoms with E-state index in [1.54, 1.807) is 55.7 Å². The Kier molecular flexibility index (Phi) is 4.95. The zero-order chi connectivity index (χ0) is 17.7. The second-order valence-corrected chi connectivity index (χ2v) is 7.11. The van der Waals surface area contributed by atoms with Crippen LogP contribution >= 0.6 is 0 Å². The summed E-state index contributed by atoms with van der Waals surface area (Å²) in [6.07, 6.45) is 4.70. The zero-order valence-electron chi connectivity index (χ0n) is 13.7. The number of hydrogen-bond donors (Lipinski definition) is 1. The van der Waals surface area contributed by atoms with E-state index in [1.807, 2.05) is 18.2 Å². The average Bonchev–Trinajstić information content (AvgIpc) is 2.64. The molecule has 0 aliphatic heterocycles. The van der Waals surface area contributed by atoms with Gasteiger partial charge >= 0.3 is 0 Å². The Bertz CT molecular complexity index is 914. The molecule has 25 heavy (non-hydrogen) atoms. The molecule has 0 aliphatic carbocycles. The van der Waals surface area contributed by atoms with Crippen LogP contribution in [0.2, 0.25) is 0 Å². The van der Waals surface area contributed by atoms with E-state index in [0.29, 0.717) is 18.1 Å². The Labute approximate surface area is 147 Å². The number of nitrogens with zero attached hydrogens (tertiary/aromatic N) is 3. The lowest BCUT2D eigenvalue weighted by molar-refractivity contribution is 0.591. The molecule has 0 saturated heterocycles. The van der Waals surface area contributed by atoms with Crippen LogP contribution in [0.5, 0.6) is 0 Å². The fourth-order valence-electron chi connectivity index (χ4n) is 2.40. The van der Waals surface area contributed by atoms with Crippen LogP contribution in [0.25, 0.3) is 0 Å². The predicted octanol–water partition coefficient (Wildman–Crippen LogP) is 3.44. The fourth-order valence-corrected chi connectivity index (χ4v) is 3.82. The van der Waals surface area contributed by atoms with E-state index >= 15 is 0 Å². The van der Waals surface area contributed by atoms with Crippen molar-refractivity contribution in [1.29, 1.82) is 0 Å². The van der Waals surface area contributed by atoms with Gasteiger partial charge in [-0.05, 0) is 43.3 Å². The third kappa shape index (κ3) is 3.77. The molecule has 2 aromatic heterocycles. The first-order valence-corrected chi connectivity index (χ1v) is 9.26. The van der Waals surface area contributed by atoms with E-state index < -0.39 is 10.0 Å². The molecule has 2 heterocycles. The van der Waals surface area contributed by atoms with Gasteiger partial charge in [0.2, 0.25) is 0 Å². The molecule has 3 aromatic rings. The number of rotatable bonds is 6. The molecule has 7 heteroatoms. The summed E-state index contributed by atoms with van der Waals surface area (Å²) in [5.74, 6) is 0.563. The van der Waals surface area contributed by atoms with Crippen LogP contribution < -0.4 is 9.62 Å². The Morgan fingerprint density at radius 1 is 1.00 bits per heavy atom. The minimum Gasteiger partial charge on any atom is -0.340 e. The van der Waals surface area contributed by atoms with Gasteiger partial charge < -0.3 is 5.32 Å². The van der Waals surface area contributed by atoms with Gasteiger partial charge in [-0.15, -0.1) is 0 Å². The summed E-state index contributed by atoms with van der Waals surface area (Å²) in [6, 6.07) is 15.8. The van der Waals surface area contributed by atoms with E-state index in [1.165, 1.54) is 10.5 Å². The predicted molar refractivity (Wildman–Crippen MR) is 98.4 cm³/mol. The fraction of sp³-hybridized carbons (Fsp3) is 0.111. The van der Waals surface area contributed by atoms with Crippen molar-refractivity contribution in [1.82, 2.24) is 9.97 Å². The standard InChI is InChI=1S/C18H18N4O2S/c1-2-22(16-6-4-3-5-7-16)25(23,24)17-8-9-18(20-14-17)21-15-10-12-19-13-11-15/h3-14H,2H2,1H3,(H,19,20,21). The first kappa shape index (κ1) is 16.9. The van der Waals surface area contributed by atoms with E-state index in [0.717, 1.165) is 5.69 Å². The third-order valence-electron chi connectivity index (χ3n) is 3.61. The number of para-hydroxylation sites is 1. The minimum atomic E-state index is -3.66. The van der Waals surface area contributed by atoms with Crippen molar-refractivity contribution in [3.05, 3.63) is 73.2 Å². The lowest BCUT2D eigenvalue weighted by Gasteiger charge is -2.22. The van der Waals surface area contributed by atoms with Crippen LogP contribution in [0.15, 0.2) is 78.1 Å². The summed E-state index contributed by atoms with van der Waals surface area (Å²) in [6.45, 7) is 2.14. The van der Waals surface area contributed by atoms with Crippen LogP contribution in [-0.4, -0.2) is 24.9 Å². The smallest absolute Gasteiger partial charge is 0.265 e. The summed E-state index contributed by atoms with van der Waals surface area (Å²) in [4.78, 5) is 8.31. The lowest BCUT2D eigenvalue weighted by atomic mass is 10.3. The molecule has 0 amide bonds. The van der Waals surface area contributed by atoms with Gasteiger partial charge in [0.05, 0.1) is 5.69 Å². The molecule has 128 valence electrons. The van der Waals surface area contributed by atoms with Crippen LogP contribution in [0, 0.1) is 0 Å². The summed E-state index contributed by atoms with van der Waals surface area (Å²) >= 11 is 0. The molecule has 0 atom stereocenters. The number of sulfonamides is 1. The van der Waals surface area contributed by atoms with Crippen molar-refractivity contribution < 1.29 is 8.42 Å². The van der Waals surface area contributed by atoms with Crippen molar-refractivity contribution in [2.45, 2.75) is 11.8 Å². The molecule has 0 saturated carbocycles. The van der Waals surface area contributed by atoms with Gasteiger partial charge in [-0.3, -0.25) is 9.29 Å². The SMILES string of the molecule is CCN(c1ccccc1)S(=O)(=O)c1ccc(Nc2ccncc2)nc1. The van der Waals surface area contributed by atoms with Crippen LogP contribution in [0.4, 0.5) is 17.2 Å². The van der Waals surface area contributed by atoms with E-state index in [4.69, 9.17) is 0 Å². The summed E-state index contributed by atoms with van der Waals surface area (Å²) < 4.78 is 27.1. The van der Waals surface area contributed by atoms with Gasteiger partial charge in [0.25, 0.3) is 10.0 Å². The third-order valence-corrected chi connectivity index (χ3v) is 5.49. The largest absolute Gasteiger partial charge is 0.340 e. The highest BCUT2D eigenvalue weighted by Crippen LogP contribution is 2.23. The highest BCUT2D eigenvalue weighted by atomic mass is 32.2. The molecule has 0 fully saturated rings. The minimum absolute atomic E-state index is 0.151. The van der Waals surface area contributed by atoms with Gasteiger partial charge in [-0.2, -0.15) is 0 Å². The zero-order valence-corrected chi connectivity index (χ0v) is 14.5. The highest BCUT2D eigenvalue weighted by Gasteiger charge is 2.23. The van der Waals surface area contributed by atoms with Crippen LogP contribution in [0.3, 0.4) is 0 Å². The number of benzene rings is 1. The van der Waals surface area contributed by atoms with Gasteiger partial charge in [0.15, 0.2) is 0 Å². The normalized spacial score (nSPS) is 11.1. The maximum atomic E-state index is 12.9. The van der Waals surface area contributed by atoms with Crippen molar-refractivity contribution in [3.8, 4) is 0 Å². The quantitative estimate of drug-likeness (QED) is 0.734. The molecule has 0 aliphatic rings. The number of pyridine rings is 2. The molecule has 1 aromatic carbocycles. The lowest BCUT2D eigenvalue weighted by Crippen LogP contribution is -2.30. The van der Waals surface area contributed by atoms with Gasteiger partial charge in [0, 0.05) is 30.8 Å². The van der Waals surface area contributed by atoms with Crippen LogP contribution in [0.1, 0.15) is 6.92 Å². The number of aromatic nitrogens is 2. The van der Waals surface area contributed by atoms with Crippen molar-refractivity contribution >= 4 is 27.2 Å². The second kappa shape index (κ2) is 7.31. The summed E-state index contributed by atoms with van der Waals surface area (Å²) in [5.41, 5.74) is 1.46. The highest BCUT2D eigenvalue weighted by molar-refractivity contribution is 7.92. The summed E-state index contributed by atoms with van der Waals surface area (Å²) in [7, 11) is -3.66. The van der Waals surface area contributed by atoms with Crippen molar-refractivity contribution in [3.63, 3.8) is 0 Å². The molecule has 0 bridgehead atoms. The molecular formula is C18H18N4O2S. The molecule has 3 rings (SSSR count). The number of hydrogen-bond acceptors (Lipinski definition) is 5. The molecule has 0 unspecified atom stereocenters. The first-order chi connectivity index (χ1) is 12.1.